The summed E-state index contributed by atoms with van der Waals surface area (Å²) in [7, 11) is -5.07. The van der Waals surface area contributed by atoms with Crippen molar-refractivity contribution in [1.29, 1.82) is 0 Å². The molecule has 0 bridgehead atoms. The smallest absolute Gasteiger partial charge is 0.220 e. The Balaban J connectivity index is 1.06. The third kappa shape index (κ3) is 12.9. The maximum atomic E-state index is 14.1. The van der Waals surface area contributed by atoms with Crippen molar-refractivity contribution in [3.05, 3.63) is 167 Å². The summed E-state index contributed by atoms with van der Waals surface area (Å²) in [6.45, 7) is 7.04. The maximum Gasteiger partial charge on any atom is 0.220 e. The van der Waals surface area contributed by atoms with Gasteiger partial charge < -0.3 is 29.2 Å². The zero-order chi connectivity index (χ0) is 47.4. The highest BCUT2D eigenvalue weighted by molar-refractivity contribution is 7.90. The number of methoxy groups -OCH3 is 2. The number of nitrogens with zero attached hydrogens (tertiary/aromatic N) is 6. The molecule has 0 fully saturated rings. The molecule has 0 saturated carbocycles. The van der Waals surface area contributed by atoms with E-state index >= 15 is 0 Å². The first-order chi connectivity index (χ1) is 31.6. The van der Waals surface area contributed by atoms with Gasteiger partial charge in [-0.1, -0.05) is 48.5 Å². The van der Waals surface area contributed by atoms with E-state index in [1.807, 2.05) is 0 Å². The van der Waals surface area contributed by atoms with Crippen molar-refractivity contribution >= 4 is 20.0 Å². The highest BCUT2D eigenvalue weighted by atomic mass is 32.2. The van der Waals surface area contributed by atoms with Crippen molar-refractivity contribution in [2.45, 2.75) is 76.6 Å². The Bertz CT molecular complexity index is 2490. The van der Waals surface area contributed by atoms with Crippen LogP contribution in [0.15, 0.2) is 122 Å². The number of aliphatic hydroxyl groups excluding tert-OH is 2. The monoisotopic (exact) mass is 940 g/mol. The second kappa shape index (κ2) is 22.4. The quantitative estimate of drug-likeness (QED) is 0.0681. The fraction of sp³-hybridized carbons (Fsp3) is 0.333. The molecule has 0 aliphatic carbocycles. The van der Waals surface area contributed by atoms with Gasteiger partial charge in [-0.2, -0.15) is 8.61 Å². The van der Waals surface area contributed by atoms with Crippen LogP contribution in [0.1, 0.15) is 71.1 Å². The number of sulfonamides is 2. The van der Waals surface area contributed by atoms with Gasteiger partial charge in [-0.05, 0) is 110 Å². The molecule has 6 aromatic rings. The first kappa shape index (κ1) is 49.4. The van der Waals surface area contributed by atoms with Crippen LogP contribution in [0.5, 0.6) is 23.0 Å². The normalized spacial score (nSPS) is 13.8. The molecule has 0 radical (unpaired) electrons. The molecular weight excluding hydrogens is 885 g/mol. The zero-order valence-electron chi connectivity index (χ0n) is 37.8. The molecule has 0 aliphatic rings. The van der Waals surface area contributed by atoms with Gasteiger partial charge in [-0.15, -0.1) is 0 Å². The molecule has 4 atom stereocenters. The van der Waals surface area contributed by atoms with Gasteiger partial charge in [0, 0.05) is 51.0 Å². The van der Waals surface area contributed by atoms with Gasteiger partial charge in [-0.3, -0.25) is 0 Å². The SMILES string of the molecule is COc1ccc(CN(Cc2ccc(OCCOc3ccc(CN(Cc4ccc(OC)cc4)S(=O)(=O)[C@@H](C)[C@H](O)c4ncc(C)cn4)cc3)cc2)S(=O)(=O)[C@H](C)[C@@H](O)c2ncc(C)cn2)cc1. The molecule has 4 aromatic carbocycles. The first-order valence-electron chi connectivity index (χ1n) is 21.2. The standard InChI is InChI=1S/C48H56N6O10S2/c1-33-25-49-47(50-26-33)45(55)35(3)65(57,58)53(29-37-7-15-41(61-5)16-8-37)31-39-11-19-43(20-12-39)63-23-24-64-44-21-13-40(14-22-44)32-54(30-38-9-17-42(62-6)18-10-38)66(59,60)36(4)46(56)48-51-27-34(2)28-52-48/h7-22,25-28,35-36,45-46,55-56H,23-24,29-32H2,1-6H3/t35-,36+,45-,46+. The van der Waals surface area contributed by atoms with Crippen molar-refractivity contribution in [3.63, 3.8) is 0 Å². The van der Waals surface area contributed by atoms with Crippen LogP contribution in [0.3, 0.4) is 0 Å². The minimum atomic E-state index is -4.10. The Morgan fingerprint density at radius 2 is 0.727 bits per heavy atom. The van der Waals surface area contributed by atoms with Gasteiger partial charge in [0.2, 0.25) is 20.0 Å². The van der Waals surface area contributed by atoms with E-state index in [4.69, 9.17) is 18.9 Å². The van der Waals surface area contributed by atoms with Crippen LogP contribution in [-0.2, 0) is 46.2 Å². The minimum absolute atomic E-state index is 0.0219. The number of rotatable bonds is 23. The summed E-state index contributed by atoms with van der Waals surface area (Å²) in [6, 6.07) is 28.4. The van der Waals surface area contributed by atoms with E-state index in [0.717, 1.165) is 22.3 Å². The molecule has 2 heterocycles. The summed E-state index contributed by atoms with van der Waals surface area (Å²) in [6.07, 6.45) is 3.23. The van der Waals surface area contributed by atoms with E-state index < -0.39 is 42.8 Å². The Hall–Kier alpha value is -6.02. The van der Waals surface area contributed by atoms with Crippen LogP contribution in [0.25, 0.3) is 0 Å². The van der Waals surface area contributed by atoms with E-state index in [-0.39, 0.29) is 51.0 Å². The molecule has 6 rings (SSSR count). The zero-order valence-corrected chi connectivity index (χ0v) is 39.4. The fourth-order valence-electron chi connectivity index (χ4n) is 6.78. The fourth-order valence-corrected chi connectivity index (χ4v) is 9.93. The van der Waals surface area contributed by atoms with E-state index in [1.165, 1.54) is 47.2 Å². The van der Waals surface area contributed by atoms with Crippen LogP contribution in [-0.4, -0.2) is 93.5 Å². The number of hydrogen-bond donors (Lipinski definition) is 2. The predicted octanol–water partition coefficient (Wildman–Crippen LogP) is 6.27. The number of aryl methyl sites for hydroxylation is 2. The maximum absolute atomic E-state index is 14.1. The summed E-state index contributed by atoms with van der Waals surface area (Å²) in [5, 5.41) is 19.6. The van der Waals surface area contributed by atoms with Crippen LogP contribution in [0.2, 0.25) is 0 Å². The number of ether oxygens (including phenoxy) is 4. The highest BCUT2D eigenvalue weighted by Crippen LogP contribution is 2.29. The third-order valence-corrected chi connectivity index (χ3v) is 15.3. The molecule has 16 nitrogen and oxygen atoms in total. The lowest BCUT2D eigenvalue weighted by molar-refractivity contribution is 0.162. The van der Waals surface area contributed by atoms with Crippen molar-refractivity contribution in [2.24, 2.45) is 0 Å². The van der Waals surface area contributed by atoms with Gasteiger partial charge in [-0.25, -0.2) is 36.8 Å². The van der Waals surface area contributed by atoms with Crippen molar-refractivity contribution < 1.29 is 46.0 Å². The second-order valence-corrected chi connectivity index (χ2v) is 20.4. The summed E-state index contributed by atoms with van der Waals surface area (Å²) in [5.41, 5.74) is 4.44. The van der Waals surface area contributed by atoms with Crippen LogP contribution < -0.4 is 18.9 Å². The lowest BCUT2D eigenvalue weighted by Gasteiger charge is -2.28. The minimum Gasteiger partial charge on any atom is -0.497 e. The molecule has 0 saturated heterocycles. The molecule has 0 spiro atoms. The van der Waals surface area contributed by atoms with E-state index in [0.29, 0.717) is 34.1 Å². The van der Waals surface area contributed by atoms with Crippen molar-refractivity contribution in [3.8, 4) is 23.0 Å². The van der Waals surface area contributed by atoms with Crippen LogP contribution >= 0.6 is 0 Å². The Morgan fingerprint density at radius 1 is 0.470 bits per heavy atom. The van der Waals surface area contributed by atoms with Gasteiger partial charge in [0.25, 0.3) is 0 Å². The molecule has 2 N–H and O–H groups in total. The molecule has 0 amide bonds. The van der Waals surface area contributed by atoms with Crippen LogP contribution in [0.4, 0.5) is 0 Å². The van der Waals surface area contributed by atoms with Gasteiger partial charge in [0.1, 0.15) is 58.9 Å². The van der Waals surface area contributed by atoms with E-state index in [2.05, 4.69) is 19.9 Å². The first-order valence-corrected chi connectivity index (χ1v) is 24.2. The molecule has 18 heteroatoms. The Morgan fingerprint density at radius 3 is 0.985 bits per heavy atom. The summed E-state index contributed by atoms with van der Waals surface area (Å²) in [5.74, 6) is 2.43. The number of aromatic nitrogens is 4. The van der Waals surface area contributed by atoms with Gasteiger partial charge in [0.15, 0.2) is 11.6 Å². The van der Waals surface area contributed by atoms with Crippen LogP contribution in [0, 0.1) is 13.8 Å². The lowest BCUT2D eigenvalue weighted by Crippen LogP contribution is -2.40. The molecule has 66 heavy (non-hydrogen) atoms. The summed E-state index contributed by atoms with van der Waals surface area (Å²) >= 11 is 0. The number of hydrogen-bond acceptors (Lipinski definition) is 14. The topological polar surface area (TPSA) is 204 Å². The molecule has 2 aromatic heterocycles. The van der Waals surface area contributed by atoms with E-state index in [9.17, 15) is 27.0 Å². The second-order valence-electron chi connectivity index (χ2n) is 15.8. The summed E-state index contributed by atoms with van der Waals surface area (Å²) in [4.78, 5) is 16.6. The van der Waals surface area contributed by atoms with Crippen molar-refractivity contribution in [2.75, 3.05) is 27.4 Å². The largest absolute Gasteiger partial charge is 0.497 e. The molecule has 0 aliphatic heterocycles. The predicted molar refractivity (Wildman–Crippen MR) is 249 cm³/mol. The Labute approximate surface area is 387 Å². The lowest BCUT2D eigenvalue weighted by atomic mass is 10.2. The third-order valence-electron chi connectivity index (χ3n) is 10.9. The van der Waals surface area contributed by atoms with E-state index in [1.54, 1.807) is 125 Å². The summed E-state index contributed by atoms with van der Waals surface area (Å²) < 4.78 is 81.5. The number of benzene rings is 4. The molecule has 0 unspecified atom stereocenters. The average Bonchev–Trinajstić information content (AvgIpc) is 3.33. The van der Waals surface area contributed by atoms with Crippen molar-refractivity contribution in [1.82, 2.24) is 28.5 Å². The molecular formula is C48H56N6O10S2. The van der Waals surface area contributed by atoms with Gasteiger partial charge in [0.05, 0.1) is 14.2 Å². The highest BCUT2D eigenvalue weighted by Gasteiger charge is 2.37. The van der Waals surface area contributed by atoms with Gasteiger partial charge >= 0.3 is 0 Å². The Kier molecular flexibility index (Phi) is 16.8. The molecule has 350 valence electrons. The number of aliphatic hydroxyl groups is 2. The average molecular weight is 941 g/mol.